The van der Waals surface area contributed by atoms with Crippen LogP contribution in [0, 0.1) is 16.2 Å². The molecule has 0 aliphatic carbocycles. The molecule has 268 valence electrons. The minimum Gasteiger partial charge on any atom is -0.756 e. The molecule has 1 atom stereocenters. The maximum absolute atomic E-state index is 11.3. The van der Waals surface area contributed by atoms with Gasteiger partial charge in [-0.05, 0) is 16.2 Å². The summed E-state index contributed by atoms with van der Waals surface area (Å²) in [6.45, 7) is 21.9. The number of phosphoric acid groups is 1. The second-order valence-electron chi connectivity index (χ2n) is 17.6. The minimum atomic E-state index is -4.15. The molecule has 14 heteroatoms. The zero-order valence-electron chi connectivity index (χ0n) is 30.9. The number of carboxylic acids is 1. The van der Waals surface area contributed by atoms with E-state index in [9.17, 15) is 32.3 Å². The molecule has 0 aromatic carbocycles. The van der Waals surface area contributed by atoms with Crippen molar-refractivity contribution in [1.29, 1.82) is 0 Å². The van der Waals surface area contributed by atoms with Crippen molar-refractivity contribution in [2.24, 2.45) is 16.2 Å². The lowest BCUT2D eigenvalue weighted by Crippen LogP contribution is -2.44. The number of aliphatic carboxylic acids is 1. The summed E-state index contributed by atoms with van der Waals surface area (Å²) in [7, 11) is 5.32. The molecule has 0 bridgehead atoms. The topological polar surface area (TPSA) is 156 Å². The van der Waals surface area contributed by atoms with Crippen molar-refractivity contribution >= 4 is 23.9 Å². The lowest BCUT2D eigenvalue weighted by molar-refractivity contribution is -0.890. The number of carbonyl (C=O) groups excluding carboxylic acids is 1. The summed E-state index contributed by atoms with van der Waals surface area (Å²) >= 11 is 0. The summed E-state index contributed by atoms with van der Waals surface area (Å²) in [5.74, 6) is -1.23. The van der Waals surface area contributed by atoms with E-state index in [1.165, 1.54) is 0 Å². The van der Waals surface area contributed by atoms with E-state index in [0.717, 1.165) is 30.4 Å². The van der Waals surface area contributed by atoms with Gasteiger partial charge in [0.2, 0.25) is 0 Å². The summed E-state index contributed by atoms with van der Waals surface area (Å²) in [5, 5.41) is 10.3. The number of nitrogens with zero attached hydrogens (tertiary/aromatic N) is 3. The predicted molar refractivity (Wildman–Crippen MR) is 173 cm³/mol. The Balaban J connectivity index is -0.000000574. The van der Waals surface area contributed by atoms with Crippen LogP contribution < -0.4 is 10.00 Å². The van der Waals surface area contributed by atoms with Gasteiger partial charge in [0.15, 0.2) is 6.73 Å². The second kappa shape index (κ2) is 18.6. The Hall–Kier alpha value is -0.630. The Labute approximate surface area is 270 Å². The molecular weight excluding hydrogens is 609 g/mol. The first-order valence-electron chi connectivity index (χ1n) is 15.1. The molecule has 0 saturated heterocycles. The van der Waals surface area contributed by atoms with Crippen LogP contribution in [-0.2, 0) is 28.5 Å². The standard InChI is InChI=1S/C11H23NO2.C10H23NO3S.C9H22NO4P/c1-11(2,3)7-9-12(4,5)8-6-10(13)14;1-10(2,3)6-7-11(4,5)8-9-15(12,13)14;1-9(2,3)7-13-15(11,12)14-8-10(4,5)6/h6-9H2,1-5H3;6-9H2,1-5H3;7-8H2,1-6H3. The number of carboxylic acid groups (broad SMARTS) is 1. The van der Waals surface area contributed by atoms with Crippen molar-refractivity contribution in [1.82, 2.24) is 0 Å². The third-order valence-electron chi connectivity index (χ3n) is 6.06. The minimum absolute atomic E-state index is 0.0743. The zero-order chi connectivity index (χ0) is 36.1. The summed E-state index contributed by atoms with van der Waals surface area (Å²) in [5.41, 5.74) is 0.364. The maximum Gasteiger partial charge on any atom is 0.272 e. The summed E-state index contributed by atoms with van der Waals surface area (Å²) < 4.78 is 54.1. The first-order chi connectivity index (χ1) is 19.0. The molecule has 1 unspecified atom stereocenters. The van der Waals surface area contributed by atoms with Gasteiger partial charge in [-0.3, -0.25) is 9.09 Å². The Kier molecular flexibility index (Phi) is 20.2. The van der Waals surface area contributed by atoms with Gasteiger partial charge < -0.3 is 37.3 Å². The first kappa shape index (κ1) is 47.8. The fraction of sp³-hybridized carbons (Fsp3) is 0.967. The fourth-order valence-corrected chi connectivity index (χ4v) is 4.63. The van der Waals surface area contributed by atoms with Crippen molar-refractivity contribution < 1.29 is 54.8 Å². The maximum atomic E-state index is 11.3. The zero-order valence-corrected chi connectivity index (χ0v) is 32.7. The SMILES string of the molecule is CC(C)(C)CC[N+](C)(C)CCC(=O)[O-].CC(C)(C)CC[N+](C)(C)CCS(=O)(=O)[O-].CC(C)(C)COP(=O)([O-])OC[N+](C)(C)C. The van der Waals surface area contributed by atoms with E-state index in [2.05, 4.69) is 55.6 Å². The Bertz CT molecular complexity index is 952. The van der Waals surface area contributed by atoms with Crippen LogP contribution in [0.4, 0.5) is 0 Å². The van der Waals surface area contributed by atoms with Gasteiger partial charge in [0.25, 0.3) is 7.82 Å². The molecule has 0 amide bonds. The molecule has 0 saturated carbocycles. The first-order valence-corrected chi connectivity index (χ1v) is 18.2. The van der Waals surface area contributed by atoms with E-state index >= 15 is 0 Å². The van der Waals surface area contributed by atoms with E-state index in [1.54, 1.807) is 0 Å². The Morgan fingerprint density at radius 3 is 1.39 bits per heavy atom. The lowest BCUT2D eigenvalue weighted by Gasteiger charge is -2.33. The van der Waals surface area contributed by atoms with Crippen LogP contribution in [0.25, 0.3) is 0 Å². The molecular formula is C30H68N3O9PS. The monoisotopic (exact) mass is 677 g/mol. The van der Waals surface area contributed by atoms with E-state index in [1.807, 2.05) is 56.0 Å². The highest BCUT2D eigenvalue weighted by molar-refractivity contribution is 7.85. The molecule has 0 N–H and O–H groups in total. The molecule has 12 nitrogen and oxygen atoms in total. The second-order valence-corrected chi connectivity index (χ2v) is 20.5. The van der Waals surface area contributed by atoms with Crippen molar-refractivity contribution in [2.75, 3.05) is 94.6 Å². The van der Waals surface area contributed by atoms with Gasteiger partial charge >= 0.3 is 0 Å². The van der Waals surface area contributed by atoms with E-state index in [4.69, 9.17) is 9.05 Å². The van der Waals surface area contributed by atoms with Crippen LogP contribution in [0.1, 0.15) is 81.6 Å². The van der Waals surface area contributed by atoms with Crippen LogP contribution >= 0.6 is 7.82 Å². The number of phosphoric ester groups is 1. The molecule has 0 aliphatic heterocycles. The predicted octanol–water partition coefficient (Wildman–Crippen LogP) is 2.88. The van der Waals surface area contributed by atoms with Crippen LogP contribution in [0.2, 0.25) is 0 Å². The van der Waals surface area contributed by atoms with E-state index < -0.39 is 23.9 Å². The Morgan fingerprint density at radius 1 is 0.705 bits per heavy atom. The third kappa shape index (κ3) is 41.4. The molecule has 0 radical (unpaired) electrons. The van der Waals surface area contributed by atoms with Gasteiger partial charge in [-0.25, -0.2) is 8.42 Å². The Morgan fingerprint density at radius 2 is 1.09 bits per heavy atom. The molecule has 0 heterocycles. The summed E-state index contributed by atoms with van der Waals surface area (Å²) in [6.07, 6.45) is 2.27. The average Bonchev–Trinajstić information content (AvgIpc) is 2.76. The lowest BCUT2D eigenvalue weighted by atomic mass is 9.92. The van der Waals surface area contributed by atoms with Crippen molar-refractivity contribution in [2.45, 2.75) is 81.6 Å². The van der Waals surface area contributed by atoms with Gasteiger partial charge in [0.1, 0.15) is 10.1 Å². The number of rotatable bonds is 15. The number of hydrogen-bond acceptors (Lipinski definition) is 9. The van der Waals surface area contributed by atoms with Gasteiger partial charge in [-0.2, -0.15) is 0 Å². The van der Waals surface area contributed by atoms with Gasteiger partial charge in [-0.15, -0.1) is 0 Å². The normalized spacial score (nSPS) is 15.0. The van der Waals surface area contributed by atoms with Crippen LogP contribution in [0.5, 0.6) is 0 Å². The summed E-state index contributed by atoms with van der Waals surface area (Å²) in [6, 6.07) is 0. The van der Waals surface area contributed by atoms with Crippen molar-refractivity contribution in [3.8, 4) is 0 Å². The quantitative estimate of drug-likeness (QED) is 0.110. The molecule has 0 aromatic rings. The van der Waals surface area contributed by atoms with Crippen molar-refractivity contribution in [3.63, 3.8) is 0 Å². The smallest absolute Gasteiger partial charge is 0.272 e. The van der Waals surface area contributed by atoms with Crippen LogP contribution in [0.15, 0.2) is 0 Å². The number of carbonyl (C=O) groups is 1. The number of quaternary nitrogens is 3. The van der Waals surface area contributed by atoms with E-state index in [0.29, 0.717) is 27.5 Å². The molecule has 0 fully saturated rings. The largest absolute Gasteiger partial charge is 0.756 e. The van der Waals surface area contributed by atoms with Gasteiger partial charge in [0, 0.05) is 25.2 Å². The van der Waals surface area contributed by atoms with Crippen LogP contribution in [0.3, 0.4) is 0 Å². The summed E-state index contributed by atoms with van der Waals surface area (Å²) in [4.78, 5) is 21.6. The third-order valence-corrected chi connectivity index (χ3v) is 7.62. The van der Waals surface area contributed by atoms with Crippen LogP contribution in [-0.4, -0.2) is 127 Å². The fourth-order valence-electron chi connectivity index (χ4n) is 2.81. The average molecular weight is 678 g/mol. The molecule has 0 aromatic heterocycles. The van der Waals surface area contributed by atoms with E-state index in [-0.39, 0.29) is 36.3 Å². The molecule has 0 spiro atoms. The number of hydrogen-bond donors (Lipinski definition) is 0. The highest BCUT2D eigenvalue weighted by atomic mass is 32.2. The van der Waals surface area contributed by atoms with Gasteiger partial charge in [0.05, 0.1) is 87.9 Å². The molecule has 0 rings (SSSR count). The van der Waals surface area contributed by atoms with Crippen molar-refractivity contribution in [3.05, 3.63) is 0 Å². The highest BCUT2D eigenvalue weighted by Crippen LogP contribution is 2.40. The highest BCUT2D eigenvalue weighted by Gasteiger charge is 2.22. The molecule has 44 heavy (non-hydrogen) atoms. The van der Waals surface area contributed by atoms with Gasteiger partial charge in [-0.1, -0.05) is 62.3 Å². The molecule has 0 aliphatic rings.